The summed E-state index contributed by atoms with van der Waals surface area (Å²) in [6.07, 6.45) is -0.574. The van der Waals surface area contributed by atoms with Gasteiger partial charge in [0.15, 0.2) is 11.5 Å². The lowest BCUT2D eigenvalue weighted by Gasteiger charge is -2.33. The lowest BCUT2D eigenvalue weighted by molar-refractivity contribution is 0.0914. The molecule has 2 rings (SSSR count). The zero-order chi connectivity index (χ0) is 15.2. The molecule has 1 aromatic rings. The van der Waals surface area contributed by atoms with E-state index >= 15 is 0 Å². The average molecular weight is 296 g/mol. The Kier molecular flexibility index (Phi) is 5.72. The van der Waals surface area contributed by atoms with Crippen molar-refractivity contribution in [2.75, 3.05) is 39.3 Å². The number of carbonyl (C=O) groups is 1. The van der Waals surface area contributed by atoms with Gasteiger partial charge < -0.3 is 19.8 Å². The van der Waals surface area contributed by atoms with Crippen LogP contribution in [0.25, 0.3) is 0 Å². The standard InChI is InChI=1S/C14H24N4O3/c1-3-17-4-6-18(7-5-17)10-12-8-13(16-21-12)14(20)15-9-11(2)19/h8,11,19H,3-7,9-10H2,1-2H3,(H,15,20)/t11-/m0/s1. The molecule has 118 valence electrons. The molecule has 2 N–H and O–H groups in total. The Morgan fingerprint density at radius 1 is 1.43 bits per heavy atom. The highest BCUT2D eigenvalue weighted by Gasteiger charge is 2.18. The summed E-state index contributed by atoms with van der Waals surface area (Å²) in [5.41, 5.74) is 0.262. The molecule has 21 heavy (non-hydrogen) atoms. The second-order valence-electron chi connectivity index (χ2n) is 5.45. The normalized spacial score (nSPS) is 18.6. The number of nitrogens with zero attached hydrogens (tertiary/aromatic N) is 3. The predicted molar refractivity (Wildman–Crippen MR) is 77.9 cm³/mol. The zero-order valence-corrected chi connectivity index (χ0v) is 12.7. The van der Waals surface area contributed by atoms with E-state index in [0.717, 1.165) is 32.7 Å². The number of aromatic nitrogens is 1. The fourth-order valence-electron chi connectivity index (χ4n) is 2.31. The Labute approximate surface area is 124 Å². The van der Waals surface area contributed by atoms with Crippen molar-refractivity contribution in [3.8, 4) is 0 Å². The Balaban J connectivity index is 1.81. The Morgan fingerprint density at radius 3 is 2.71 bits per heavy atom. The molecule has 0 aromatic carbocycles. The predicted octanol–water partition coefficient (Wildman–Crippen LogP) is -0.0773. The van der Waals surface area contributed by atoms with Crippen molar-refractivity contribution < 1.29 is 14.4 Å². The van der Waals surface area contributed by atoms with Crippen molar-refractivity contribution >= 4 is 5.91 Å². The maximum Gasteiger partial charge on any atom is 0.273 e. The first-order valence-electron chi connectivity index (χ1n) is 7.45. The molecule has 0 saturated carbocycles. The highest BCUT2D eigenvalue weighted by Crippen LogP contribution is 2.10. The molecule has 1 amide bonds. The van der Waals surface area contributed by atoms with Crippen LogP contribution in [0.3, 0.4) is 0 Å². The minimum Gasteiger partial charge on any atom is -0.392 e. The van der Waals surface area contributed by atoms with Gasteiger partial charge in [-0.05, 0) is 13.5 Å². The highest BCUT2D eigenvalue weighted by atomic mass is 16.5. The topological polar surface area (TPSA) is 81.8 Å². The van der Waals surface area contributed by atoms with Crippen molar-refractivity contribution in [3.05, 3.63) is 17.5 Å². The number of aliphatic hydroxyl groups is 1. The summed E-state index contributed by atoms with van der Waals surface area (Å²) >= 11 is 0. The molecule has 1 aromatic heterocycles. The number of hydrogen-bond acceptors (Lipinski definition) is 6. The van der Waals surface area contributed by atoms with E-state index in [2.05, 4.69) is 27.2 Å². The molecular formula is C14H24N4O3. The van der Waals surface area contributed by atoms with Gasteiger partial charge in [-0.1, -0.05) is 12.1 Å². The van der Waals surface area contributed by atoms with Crippen LogP contribution in [0.15, 0.2) is 10.6 Å². The summed E-state index contributed by atoms with van der Waals surface area (Å²) in [4.78, 5) is 16.5. The first-order valence-corrected chi connectivity index (χ1v) is 7.45. The first-order chi connectivity index (χ1) is 10.1. The Bertz CT molecular complexity index is 453. The number of rotatable bonds is 6. The van der Waals surface area contributed by atoms with Crippen LogP contribution >= 0.6 is 0 Å². The maximum atomic E-state index is 11.8. The van der Waals surface area contributed by atoms with Crippen molar-refractivity contribution in [2.24, 2.45) is 0 Å². The molecule has 0 radical (unpaired) electrons. The monoisotopic (exact) mass is 296 g/mol. The molecule has 0 aliphatic carbocycles. The molecular weight excluding hydrogens is 272 g/mol. The van der Waals surface area contributed by atoms with Gasteiger partial charge in [0, 0.05) is 38.8 Å². The van der Waals surface area contributed by atoms with Gasteiger partial charge in [-0.2, -0.15) is 0 Å². The van der Waals surface area contributed by atoms with Crippen molar-refractivity contribution in [2.45, 2.75) is 26.5 Å². The molecule has 1 aliphatic rings. The van der Waals surface area contributed by atoms with Gasteiger partial charge in [0.25, 0.3) is 5.91 Å². The molecule has 0 bridgehead atoms. The fourth-order valence-corrected chi connectivity index (χ4v) is 2.31. The van der Waals surface area contributed by atoms with E-state index in [9.17, 15) is 4.79 Å². The quantitative estimate of drug-likeness (QED) is 0.764. The van der Waals surface area contributed by atoms with Gasteiger partial charge in [-0.15, -0.1) is 0 Å². The third-order valence-corrected chi connectivity index (χ3v) is 3.64. The summed E-state index contributed by atoms with van der Waals surface area (Å²) < 4.78 is 5.22. The first kappa shape index (κ1) is 15.9. The molecule has 2 heterocycles. The number of carbonyl (C=O) groups excluding carboxylic acids is 1. The largest absolute Gasteiger partial charge is 0.392 e. The maximum absolute atomic E-state index is 11.8. The summed E-state index contributed by atoms with van der Waals surface area (Å²) in [5.74, 6) is 0.379. The van der Waals surface area contributed by atoms with E-state index in [1.165, 1.54) is 0 Å². The van der Waals surface area contributed by atoms with E-state index in [4.69, 9.17) is 9.63 Å². The molecule has 0 spiro atoms. The van der Waals surface area contributed by atoms with Crippen molar-refractivity contribution in [3.63, 3.8) is 0 Å². The fraction of sp³-hybridized carbons (Fsp3) is 0.714. The number of piperazine rings is 1. The minimum atomic E-state index is -0.574. The summed E-state index contributed by atoms with van der Waals surface area (Å²) in [5, 5.41) is 15.5. The van der Waals surface area contributed by atoms with Crippen LogP contribution in [0.1, 0.15) is 30.1 Å². The second-order valence-corrected chi connectivity index (χ2v) is 5.45. The van der Waals surface area contributed by atoms with Gasteiger partial charge in [-0.3, -0.25) is 9.69 Å². The minimum absolute atomic E-state index is 0.208. The smallest absolute Gasteiger partial charge is 0.273 e. The number of aliphatic hydroxyl groups excluding tert-OH is 1. The van der Waals surface area contributed by atoms with Crippen LogP contribution in [0, 0.1) is 0 Å². The molecule has 7 heteroatoms. The van der Waals surface area contributed by atoms with Crippen LogP contribution in [0.4, 0.5) is 0 Å². The van der Waals surface area contributed by atoms with Crippen LogP contribution in [-0.2, 0) is 6.54 Å². The van der Waals surface area contributed by atoms with Crippen LogP contribution < -0.4 is 5.32 Å². The van der Waals surface area contributed by atoms with Crippen molar-refractivity contribution in [1.82, 2.24) is 20.3 Å². The van der Waals surface area contributed by atoms with E-state index in [1.807, 2.05) is 0 Å². The van der Waals surface area contributed by atoms with E-state index in [-0.39, 0.29) is 18.1 Å². The third-order valence-electron chi connectivity index (χ3n) is 3.64. The summed E-state index contributed by atoms with van der Waals surface area (Å²) in [7, 11) is 0. The third kappa shape index (κ3) is 4.80. The van der Waals surface area contributed by atoms with E-state index in [1.54, 1.807) is 13.0 Å². The molecule has 0 unspecified atom stereocenters. The van der Waals surface area contributed by atoms with Crippen LogP contribution in [0.2, 0.25) is 0 Å². The van der Waals surface area contributed by atoms with E-state index < -0.39 is 6.10 Å². The summed E-state index contributed by atoms with van der Waals surface area (Å²) in [6.45, 7) is 9.88. The lowest BCUT2D eigenvalue weighted by Crippen LogP contribution is -2.45. The van der Waals surface area contributed by atoms with E-state index in [0.29, 0.717) is 12.3 Å². The average Bonchev–Trinajstić information content (AvgIpc) is 2.94. The van der Waals surface area contributed by atoms with Gasteiger partial charge >= 0.3 is 0 Å². The molecule has 7 nitrogen and oxygen atoms in total. The molecule has 1 aliphatic heterocycles. The number of nitrogens with one attached hydrogen (secondary N) is 1. The molecule has 1 atom stereocenters. The SMILES string of the molecule is CCN1CCN(Cc2cc(C(=O)NC[C@H](C)O)no2)CC1. The van der Waals surface area contributed by atoms with Gasteiger partial charge in [-0.25, -0.2) is 0 Å². The number of amides is 1. The van der Waals surface area contributed by atoms with Crippen LogP contribution in [0.5, 0.6) is 0 Å². The highest BCUT2D eigenvalue weighted by molar-refractivity contribution is 5.92. The number of likely N-dealkylation sites (N-methyl/N-ethyl adjacent to an activating group) is 1. The Morgan fingerprint density at radius 2 is 2.10 bits per heavy atom. The second kappa shape index (κ2) is 7.53. The molecule has 1 saturated heterocycles. The van der Waals surface area contributed by atoms with Gasteiger partial charge in [0.05, 0.1) is 12.6 Å². The van der Waals surface area contributed by atoms with Gasteiger partial charge in [0.2, 0.25) is 0 Å². The van der Waals surface area contributed by atoms with Crippen LogP contribution in [-0.4, -0.2) is 71.3 Å². The van der Waals surface area contributed by atoms with Gasteiger partial charge in [0.1, 0.15) is 0 Å². The number of hydrogen-bond donors (Lipinski definition) is 2. The Hall–Kier alpha value is -1.44. The lowest BCUT2D eigenvalue weighted by atomic mass is 10.2. The zero-order valence-electron chi connectivity index (χ0n) is 12.7. The molecule has 1 fully saturated rings. The summed E-state index contributed by atoms with van der Waals surface area (Å²) in [6, 6.07) is 1.67. The van der Waals surface area contributed by atoms with Crippen molar-refractivity contribution in [1.29, 1.82) is 0 Å².